The van der Waals surface area contributed by atoms with Crippen LogP contribution < -0.4 is 10.6 Å². The largest absolute Gasteiger partial charge is 0.362 e. The number of hydrogen-bond donors (Lipinski definition) is 2. The Balaban J connectivity index is 1.69. The summed E-state index contributed by atoms with van der Waals surface area (Å²) in [5.74, 6) is 0.593. The van der Waals surface area contributed by atoms with Gasteiger partial charge in [0.25, 0.3) is 0 Å². The topological polar surface area (TPSA) is 24.1 Å². The third kappa shape index (κ3) is 6.03. The second-order valence-electron chi connectivity index (χ2n) is 6.25. The molecule has 0 aliphatic heterocycles. The Morgan fingerprint density at radius 3 is 2.48 bits per heavy atom. The Labute approximate surface area is 145 Å². The maximum atomic E-state index is 5.33. The van der Waals surface area contributed by atoms with Gasteiger partial charge in [-0.3, -0.25) is 0 Å². The highest BCUT2D eigenvalue weighted by Crippen LogP contribution is 2.15. The molecule has 0 aliphatic rings. The van der Waals surface area contributed by atoms with E-state index in [-0.39, 0.29) is 0 Å². The zero-order valence-corrected chi connectivity index (χ0v) is 15.0. The average molecular weight is 327 g/mol. The van der Waals surface area contributed by atoms with Crippen LogP contribution in [0.1, 0.15) is 42.9 Å². The van der Waals surface area contributed by atoms with Gasteiger partial charge in [0.05, 0.1) is 0 Å². The summed E-state index contributed by atoms with van der Waals surface area (Å²) < 4.78 is 0. The summed E-state index contributed by atoms with van der Waals surface area (Å²) in [6.07, 6.45) is 2.13. The van der Waals surface area contributed by atoms with Crippen LogP contribution in [0.3, 0.4) is 0 Å². The molecule has 3 heteroatoms. The van der Waals surface area contributed by atoms with Gasteiger partial charge >= 0.3 is 0 Å². The zero-order valence-electron chi connectivity index (χ0n) is 14.2. The molecule has 0 aliphatic carbocycles. The average Bonchev–Trinajstić information content (AvgIpc) is 2.52. The summed E-state index contributed by atoms with van der Waals surface area (Å²) in [6, 6.07) is 17.2. The second-order valence-corrected chi connectivity index (χ2v) is 6.66. The molecule has 0 saturated heterocycles. The fourth-order valence-corrected chi connectivity index (χ4v) is 2.68. The van der Waals surface area contributed by atoms with Crippen molar-refractivity contribution in [2.24, 2.45) is 0 Å². The first-order valence-electron chi connectivity index (χ1n) is 8.25. The number of nitrogens with one attached hydrogen (secondary N) is 2. The molecule has 0 bridgehead atoms. The lowest BCUT2D eigenvalue weighted by atomic mass is 10.0. The lowest BCUT2D eigenvalue weighted by Crippen LogP contribution is -2.29. The Hall–Kier alpha value is -1.87. The third-order valence-electron chi connectivity index (χ3n) is 3.85. The first-order chi connectivity index (χ1) is 11.0. The number of aryl methyl sites for hydroxylation is 2. The summed E-state index contributed by atoms with van der Waals surface area (Å²) in [4.78, 5) is 0. The van der Waals surface area contributed by atoms with Gasteiger partial charge in [0.2, 0.25) is 0 Å². The van der Waals surface area contributed by atoms with E-state index >= 15 is 0 Å². The van der Waals surface area contributed by atoms with Crippen molar-refractivity contribution < 1.29 is 0 Å². The van der Waals surface area contributed by atoms with E-state index in [1.807, 2.05) is 12.1 Å². The zero-order chi connectivity index (χ0) is 16.7. The Kier molecular flexibility index (Phi) is 6.60. The van der Waals surface area contributed by atoms with Gasteiger partial charge in [0.15, 0.2) is 5.11 Å². The first kappa shape index (κ1) is 17.5. The van der Waals surface area contributed by atoms with Gasteiger partial charge in [-0.15, -0.1) is 0 Å². The second kappa shape index (κ2) is 8.68. The molecule has 2 nitrogen and oxygen atoms in total. The molecule has 0 radical (unpaired) electrons. The molecule has 0 heterocycles. The highest BCUT2D eigenvalue weighted by Gasteiger charge is 2.00. The van der Waals surface area contributed by atoms with Gasteiger partial charge in [0.1, 0.15) is 0 Å². The SMILES string of the molecule is Cc1cccc(NC(=S)NCCCc2ccc(C(C)C)cc2)c1. The Bertz CT molecular complexity index is 632. The molecule has 0 amide bonds. The van der Waals surface area contributed by atoms with E-state index in [1.165, 1.54) is 16.7 Å². The summed E-state index contributed by atoms with van der Waals surface area (Å²) in [5.41, 5.74) is 5.04. The standard InChI is InChI=1S/C20H26N2S/c1-15(2)18-11-9-17(10-12-18)7-5-13-21-20(23)22-19-8-4-6-16(3)14-19/h4,6,8-12,14-15H,5,7,13H2,1-3H3,(H2,21,22,23). The third-order valence-corrected chi connectivity index (χ3v) is 4.10. The van der Waals surface area contributed by atoms with E-state index in [1.54, 1.807) is 0 Å². The Morgan fingerprint density at radius 2 is 1.83 bits per heavy atom. The molecule has 2 rings (SSSR count). The fraction of sp³-hybridized carbons (Fsp3) is 0.350. The molecule has 0 fully saturated rings. The summed E-state index contributed by atoms with van der Waals surface area (Å²) in [6.45, 7) is 7.40. The van der Waals surface area contributed by atoms with Crippen LogP contribution in [0.4, 0.5) is 5.69 Å². The predicted molar refractivity (Wildman–Crippen MR) is 104 cm³/mol. The smallest absolute Gasteiger partial charge is 0.170 e. The molecular weight excluding hydrogens is 300 g/mol. The highest BCUT2D eigenvalue weighted by molar-refractivity contribution is 7.80. The Morgan fingerprint density at radius 1 is 1.09 bits per heavy atom. The molecule has 23 heavy (non-hydrogen) atoms. The van der Waals surface area contributed by atoms with Crippen LogP contribution in [0.15, 0.2) is 48.5 Å². The number of thiocarbonyl (C=S) groups is 1. The van der Waals surface area contributed by atoms with Gasteiger partial charge in [-0.25, -0.2) is 0 Å². The maximum absolute atomic E-state index is 5.33. The van der Waals surface area contributed by atoms with Crippen molar-refractivity contribution in [2.75, 3.05) is 11.9 Å². The number of rotatable bonds is 6. The van der Waals surface area contributed by atoms with Crippen molar-refractivity contribution in [1.82, 2.24) is 5.32 Å². The predicted octanol–water partition coefficient (Wildman–Crippen LogP) is 5.04. The maximum Gasteiger partial charge on any atom is 0.170 e. The number of benzene rings is 2. The van der Waals surface area contributed by atoms with E-state index in [2.05, 4.69) is 67.8 Å². The lowest BCUT2D eigenvalue weighted by molar-refractivity contribution is 0.776. The van der Waals surface area contributed by atoms with Crippen LogP contribution in [0.25, 0.3) is 0 Å². The fourth-order valence-electron chi connectivity index (χ4n) is 2.46. The van der Waals surface area contributed by atoms with Crippen LogP contribution >= 0.6 is 12.2 Å². The minimum absolute atomic E-state index is 0.593. The van der Waals surface area contributed by atoms with E-state index < -0.39 is 0 Å². The molecule has 122 valence electrons. The van der Waals surface area contributed by atoms with Gasteiger partial charge in [-0.2, -0.15) is 0 Å². The van der Waals surface area contributed by atoms with E-state index in [0.717, 1.165) is 25.1 Å². The van der Waals surface area contributed by atoms with Crippen molar-refractivity contribution in [3.8, 4) is 0 Å². The van der Waals surface area contributed by atoms with Crippen LogP contribution in [0.5, 0.6) is 0 Å². The molecule has 0 unspecified atom stereocenters. The minimum atomic E-state index is 0.593. The molecule has 0 spiro atoms. The van der Waals surface area contributed by atoms with Crippen molar-refractivity contribution >= 4 is 23.0 Å². The van der Waals surface area contributed by atoms with Gasteiger partial charge < -0.3 is 10.6 Å². The van der Waals surface area contributed by atoms with Crippen LogP contribution in [0.2, 0.25) is 0 Å². The van der Waals surface area contributed by atoms with Crippen molar-refractivity contribution in [1.29, 1.82) is 0 Å². The molecule has 0 aromatic heterocycles. The quantitative estimate of drug-likeness (QED) is 0.574. The molecule has 0 saturated carbocycles. The number of anilines is 1. The molecule has 2 N–H and O–H groups in total. The molecule has 2 aromatic rings. The van der Waals surface area contributed by atoms with E-state index in [9.17, 15) is 0 Å². The monoisotopic (exact) mass is 326 g/mol. The van der Waals surface area contributed by atoms with Crippen LogP contribution in [-0.4, -0.2) is 11.7 Å². The van der Waals surface area contributed by atoms with E-state index in [4.69, 9.17) is 12.2 Å². The summed E-state index contributed by atoms with van der Waals surface area (Å²) >= 11 is 5.33. The van der Waals surface area contributed by atoms with Crippen molar-refractivity contribution in [3.63, 3.8) is 0 Å². The normalized spacial score (nSPS) is 10.6. The van der Waals surface area contributed by atoms with E-state index in [0.29, 0.717) is 11.0 Å². The number of hydrogen-bond acceptors (Lipinski definition) is 1. The highest BCUT2D eigenvalue weighted by atomic mass is 32.1. The minimum Gasteiger partial charge on any atom is -0.362 e. The summed E-state index contributed by atoms with van der Waals surface area (Å²) in [7, 11) is 0. The van der Waals surface area contributed by atoms with Crippen molar-refractivity contribution in [2.45, 2.75) is 39.5 Å². The summed E-state index contributed by atoms with van der Waals surface area (Å²) in [5, 5.41) is 7.18. The molecule has 0 atom stereocenters. The molecular formula is C20H26N2S. The van der Waals surface area contributed by atoms with Gasteiger partial charge in [0, 0.05) is 12.2 Å². The van der Waals surface area contributed by atoms with Gasteiger partial charge in [-0.05, 0) is 66.7 Å². The lowest BCUT2D eigenvalue weighted by Gasteiger charge is -2.11. The first-order valence-corrected chi connectivity index (χ1v) is 8.66. The van der Waals surface area contributed by atoms with Crippen molar-refractivity contribution in [3.05, 3.63) is 65.2 Å². The molecule has 2 aromatic carbocycles. The van der Waals surface area contributed by atoms with Gasteiger partial charge in [-0.1, -0.05) is 50.2 Å². The van der Waals surface area contributed by atoms with Crippen LogP contribution in [0, 0.1) is 6.92 Å². The van der Waals surface area contributed by atoms with Crippen LogP contribution in [-0.2, 0) is 6.42 Å².